The van der Waals surface area contributed by atoms with Crippen LogP contribution in [0.15, 0.2) is 29.3 Å². The summed E-state index contributed by atoms with van der Waals surface area (Å²) in [6, 6.07) is 8.40. The van der Waals surface area contributed by atoms with E-state index >= 15 is 0 Å². The molecular formula is C15H25N5O. The lowest BCUT2D eigenvalue weighted by Crippen LogP contribution is -2.54. The summed E-state index contributed by atoms with van der Waals surface area (Å²) >= 11 is 0. The number of nitrogens with one attached hydrogen (secondary N) is 1. The van der Waals surface area contributed by atoms with Crippen LogP contribution in [-0.2, 0) is 0 Å². The van der Waals surface area contributed by atoms with Gasteiger partial charge in [0.25, 0.3) is 0 Å². The molecule has 0 unspecified atom stereocenters. The van der Waals surface area contributed by atoms with E-state index in [4.69, 9.17) is 10.6 Å². The highest BCUT2D eigenvalue weighted by atomic mass is 16.5. The average molecular weight is 291 g/mol. The Morgan fingerprint density at radius 2 is 2.00 bits per heavy atom. The van der Waals surface area contributed by atoms with Gasteiger partial charge in [0.2, 0.25) is 5.96 Å². The van der Waals surface area contributed by atoms with Gasteiger partial charge in [-0.25, -0.2) is 10.8 Å². The zero-order valence-electron chi connectivity index (χ0n) is 13.0. The Labute approximate surface area is 126 Å². The number of hydrogen-bond acceptors (Lipinski definition) is 4. The third kappa shape index (κ3) is 4.01. The molecule has 2 rings (SSSR count). The average Bonchev–Trinajstić information content (AvgIpc) is 2.52. The van der Waals surface area contributed by atoms with Crippen LogP contribution in [0.2, 0.25) is 0 Å². The molecule has 1 aliphatic rings. The lowest BCUT2D eigenvalue weighted by molar-refractivity contribution is 0.370. The van der Waals surface area contributed by atoms with E-state index in [1.165, 1.54) is 5.69 Å². The van der Waals surface area contributed by atoms with E-state index in [0.29, 0.717) is 0 Å². The van der Waals surface area contributed by atoms with Crippen molar-refractivity contribution in [2.24, 2.45) is 10.8 Å². The van der Waals surface area contributed by atoms with Crippen molar-refractivity contribution in [3.8, 4) is 5.75 Å². The van der Waals surface area contributed by atoms with Crippen LogP contribution in [0.1, 0.15) is 13.8 Å². The fraction of sp³-hybridized carbons (Fsp3) is 0.533. The molecule has 1 fully saturated rings. The molecule has 1 aromatic rings. The highest BCUT2D eigenvalue weighted by molar-refractivity contribution is 5.79. The summed E-state index contributed by atoms with van der Waals surface area (Å²) in [5.41, 5.74) is 3.91. The first-order valence-corrected chi connectivity index (χ1v) is 7.32. The number of guanidine groups is 1. The summed E-state index contributed by atoms with van der Waals surface area (Å²) in [5, 5.41) is 0. The first kappa shape index (κ1) is 15.4. The van der Waals surface area contributed by atoms with Crippen LogP contribution in [0.4, 0.5) is 5.69 Å². The Bertz CT molecular complexity index is 481. The zero-order chi connectivity index (χ0) is 15.2. The van der Waals surface area contributed by atoms with Gasteiger partial charge in [-0.2, -0.15) is 0 Å². The maximum Gasteiger partial charge on any atom is 0.208 e. The van der Waals surface area contributed by atoms with Crippen molar-refractivity contribution in [2.75, 3.05) is 38.2 Å². The van der Waals surface area contributed by atoms with Crippen molar-refractivity contribution >= 4 is 11.6 Å². The van der Waals surface area contributed by atoms with Crippen molar-refractivity contribution < 1.29 is 4.74 Å². The molecule has 0 aliphatic carbocycles. The van der Waals surface area contributed by atoms with Crippen molar-refractivity contribution in [1.82, 2.24) is 10.3 Å². The Morgan fingerprint density at radius 1 is 1.29 bits per heavy atom. The minimum atomic E-state index is 0.229. The molecule has 0 amide bonds. The van der Waals surface area contributed by atoms with Gasteiger partial charge >= 0.3 is 0 Å². The molecule has 3 N–H and O–H groups in total. The zero-order valence-corrected chi connectivity index (χ0v) is 13.0. The van der Waals surface area contributed by atoms with Gasteiger partial charge in [-0.05, 0) is 26.0 Å². The van der Waals surface area contributed by atoms with Gasteiger partial charge < -0.3 is 14.5 Å². The molecule has 0 radical (unpaired) electrons. The standard InChI is InChI=1S/C15H25N5O/c1-12(2)17-15(18-16)20-9-7-19(8-10-20)13-5-4-6-14(11-13)21-3/h4-6,11-12H,7-10,16H2,1-3H3,(H,17,18). The smallest absolute Gasteiger partial charge is 0.208 e. The number of hydrogen-bond donors (Lipinski definition) is 2. The summed E-state index contributed by atoms with van der Waals surface area (Å²) in [6.07, 6.45) is 0. The topological polar surface area (TPSA) is 66.1 Å². The SMILES string of the molecule is COc1cccc(N2CCN(C(=NC(C)C)NN)CC2)c1. The predicted octanol–water partition coefficient (Wildman–Crippen LogP) is 1.04. The van der Waals surface area contributed by atoms with E-state index in [1.54, 1.807) is 7.11 Å². The van der Waals surface area contributed by atoms with Crippen molar-refractivity contribution in [3.05, 3.63) is 24.3 Å². The van der Waals surface area contributed by atoms with Crippen LogP contribution in [0.25, 0.3) is 0 Å². The van der Waals surface area contributed by atoms with Crippen molar-refractivity contribution in [2.45, 2.75) is 19.9 Å². The van der Waals surface area contributed by atoms with Gasteiger partial charge in [0.05, 0.1) is 7.11 Å². The number of ether oxygens (including phenoxy) is 1. The van der Waals surface area contributed by atoms with Crippen LogP contribution in [-0.4, -0.2) is 50.2 Å². The van der Waals surface area contributed by atoms with Crippen LogP contribution in [0.5, 0.6) is 5.75 Å². The summed E-state index contributed by atoms with van der Waals surface area (Å²) in [4.78, 5) is 9.05. The molecule has 0 bridgehead atoms. The molecule has 1 heterocycles. The number of nitrogens with two attached hydrogens (primary N) is 1. The number of anilines is 1. The van der Waals surface area contributed by atoms with E-state index in [2.05, 4.69) is 32.4 Å². The number of methoxy groups -OCH3 is 1. The lowest BCUT2D eigenvalue weighted by atomic mass is 10.2. The molecule has 21 heavy (non-hydrogen) atoms. The second-order valence-corrected chi connectivity index (χ2v) is 5.37. The Hall–Kier alpha value is -1.95. The Kier molecular flexibility index (Phi) is 5.27. The molecule has 1 saturated heterocycles. The molecule has 1 aromatic carbocycles. The van der Waals surface area contributed by atoms with Crippen LogP contribution < -0.4 is 20.9 Å². The molecule has 1 aliphatic heterocycles. The first-order valence-electron chi connectivity index (χ1n) is 7.32. The maximum absolute atomic E-state index is 5.58. The normalized spacial score (nSPS) is 16.3. The molecule has 116 valence electrons. The summed E-state index contributed by atoms with van der Waals surface area (Å²) in [7, 11) is 1.69. The molecule has 6 nitrogen and oxygen atoms in total. The minimum Gasteiger partial charge on any atom is -0.497 e. The Balaban J connectivity index is 1.99. The fourth-order valence-electron chi connectivity index (χ4n) is 2.44. The van der Waals surface area contributed by atoms with Gasteiger partial charge in [0.1, 0.15) is 5.75 Å². The molecule has 0 aromatic heterocycles. The Morgan fingerprint density at radius 3 is 2.57 bits per heavy atom. The molecule has 0 spiro atoms. The number of hydrazine groups is 1. The second-order valence-electron chi connectivity index (χ2n) is 5.37. The molecule has 0 atom stereocenters. The third-order valence-electron chi connectivity index (χ3n) is 3.51. The van der Waals surface area contributed by atoms with Crippen molar-refractivity contribution in [3.63, 3.8) is 0 Å². The number of benzene rings is 1. The van der Waals surface area contributed by atoms with Crippen LogP contribution >= 0.6 is 0 Å². The van der Waals surface area contributed by atoms with Gasteiger partial charge in [-0.15, -0.1) is 0 Å². The van der Waals surface area contributed by atoms with Crippen molar-refractivity contribution in [1.29, 1.82) is 0 Å². The summed E-state index contributed by atoms with van der Waals surface area (Å²) in [5.74, 6) is 7.25. The number of rotatable bonds is 3. The number of nitrogens with zero attached hydrogens (tertiary/aromatic N) is 3. The first-order chi connectivity index (χ1) is 10.1. The lowest BCUT2D eigenvalue weighted by Gasteiger charge is -2.37. The quantitative estimate of drug-likeness (QED) is 0.377. The van der Waals surface area contributed by atoms with Crippen LogP contribution in [0.3, 0.4) is 0 Å². The maximum atomic E-state index is 5.58. The summed E-state index contributed by atoms with van der Waals surface area (Å²) < 4.78 is 5.28. The van der Waals surface area contributed by atoms with Crippen LogP contribution in [0, 0.1) is 0 Å². The van der Waals surface area contributed by atoms with Gasteiger partial charge in [0.15, 0.2) is 0 Å². The highest BCUT2D eigenvalue weighted by Gasteiger charge is 2.20. The van der Waals surface area contributed by atoms with E-state index in [1.807, 2.05) is 26.0 Å². The van der Waals surface area contributed by atoms with E-state index < -0.39 is 0 Å². The second kappa shape index (κ2) is 7.17. The largest absolute Gasteiger partial charge is 0.497 e. The number of aliphatic imine (C=N–C) groups is 1. The van der Waals surface area contributed by atoms with E-state index in [0.717, 1.165) is 37.9 Å². The molecular weight excluding hydrogens is 266 g/mol. The van der Waals surface area contributed by atoms with Gasteiger partial charge in [0, 0.05) is 44.0 Å². The van der Waals surface area contributed by atoms with E-state index in [-0.39, 0.29) is 6.04 Å². The van der Waals surface area contributed by atoms with Gasteiger partial charge in [-0.3, -0.25) is 5.43 Å². The summed E-state index contributed by atoms with van der Waals surface area (Å²) in [6.45, 7) is 7.76. The minimum absolute atomic E-state index is 0.229. The predicted molar refractivity (Wildman–Crippen MR) is 86.7 cm³/mol. The molecule has 0 saturated carbocycles. The third-order valence-corrected chi connectivity index (χ3v) is 3.51. The van der Waals surface area contributed by atoms with Gasteiger partial charge in [-0.1, -0.05) is 6.07 Å². The van der Waals surface area contributed by atoms with E-state index in [9.17, 15) is 0 Å². The monoisotopic (exact) mass is 291 g/mol. The number of piperazine rings is 1. The molecule has 6 heteroatoms. The highest BCUT2D eigenvalue weighted by Crippen LogP contribution is 2.22. The fourth-order valence-corrected chi connectivity index (χ4v) is 2.44.